The summed E-state index contributed by atoms with van der Waals surface area (Å²) in [6.07, 6.45) is 8.10. The summed E-state index contributed by atoms with van der Waals surface area (Å²) < 4.78 is 62.1. The highest BCUT2D eigenvalue weighted by Gasteiger charge is 2.40. The molecular formula is C29H34N8O6S3. The topological polar surface area (TPSA) is 169 Å². The molecule has 0 spiro atoms. The standard InChI is InChI=1S/C29H34N8O6S3/c1-30-45(39,40)16-19-7-9-20(10-8-19)35(2)26-22-11-14-37(27(22)33-17-32-26)18-43-25-21-12-15-44-29(21)46(41,42)36(3)24(25)28(38)34-23-6-4-5-13-31-23/h4-6,11-15,17,19-20,30H,7-10,16,18H2,1-3H3,(H,31,34,38). The number of nitrogens with zero attached hydrogens (tertiary/aromatic N) is 6. The molecule has 0 bridgehead atoms. The second kappa shape index (κ2) is 12.6. The minimum absolute atomic E-state index is 0.0619. The van der Waals surface area contributed by atoms with Gasteiger partial charge in [0.25, 0.3) is 15.9 Å². The van der Waals surface area contributed by atoms with Crippen LogP contribution in [-0.2, 0) is 36.3 Å². The molecule has 1 amide bonds. The van der Waals surface area contributed by atoms with E-state index in [1.165, 1.54) is 26.6 Å². The van der Waals surface area contributed by atoms with Crippen LogP contribution in [0, 0.1) is 5.92 Å². The number of pyridine rings is 1. The summed E-state index contributed by atoms with van der Waals surface area (Å²) in [6.45, 7) is -0.0619. The first-order valence-electron chi connectivity index (χ1n) is 14.6. The summed E-state index contributed by atoms with van der Waals surface area (Å²) in [5, 5.41) is 5.11. The molecule has 1 fully saturated rings. The number of thiophene rings is 1. The molecule has 0 unspecified atom stereocenters. The van der Waals surface area contributed by atoms with Crippen LogP contribution in [0.15, 0.2) is 64.3 Å². The predicted octanol–water partition coefficient (Wildman–Crippen LogP) is 3.05. The van der Waals surface area contributed by atoms with E-state index < -0.39 is 26.0 Å². The van der Waals surface area contributed by atoms with E-state index in [1.54, 1.807) is 34.2 Å². The highest BCUT2D eigenvalue weighted by molar-refractivity contribution is 7.91. The van der Waals surface area contributed by atoms with E-state index >= 15 is 0 Å². The quantitative estimate of drug-likeness (QED) is 0.253. The van der Waals surface area contributed by atoms with Crippen molar-refractivity contribution in [3.8, 4) is 0 Å². The van der Waals surface area contributed by atoms with Crippen LogP contribution < -0.4 is 14.9 Å². The molecule has 5 heterocycles. The van der Waals surface area contributed by atoms with Crippen molar-refractivity contribution in [2.45, 2.75) is 42.7 Å². The number of rotatable bonds is 10. The Morgan fingerprint density at radius 1 is 1.13 bits per heavy atom. The number of hydrogen-bond acceptors (Lipinski definition) is 11. The Hall–Kier alpha value is -4.06. The smallest absolute Gasteiger partial charge is 0.278 e. The molecular weight excluding hydrogens is 653 g/mol. The van der Waals surface area contributed by atoms with Gasteiger partial charge in [-0.05, 0) is 68.3 Å². The van der Waals surface area contributed by atoms with E-state index in [9.17, 15) is 21.6 Å². The molecule has 0 saturated heterocycles. The van der Waals surface area contributed by atoms with Gasteiger partial charge < -0.3 is 15.0 Å². The van der Waals surface area contributed by atoms with E-state index in [-0.39, 0.29) is 45.9 Å². The third-order valence-electron chi connectivity index (χ3n) is 8.47. The van der Waals surface area contributed by atoms with E-state index in [0.29, 0.717) is 11.2 Å². The molecule has 46 heavy (non-hydrogen) atoms. The highest BCUT2D eigenvalue weighted by atomic mass is 32.2. The monoisotopic (exact) mass is 686 g/mol. The van der Waals surface area contributed by atoms with E-state index in [1.807, 2.05) is 19.3 Å². The van der Waals surface area contributed by atoms with Crippen LogP contribution in [0.2, 0.25) is 0 Å². The maximum atomic E-state index is 13.5. The van der Waals surface area contributed by atoms with Gasteiger partial charge in [0.1, 0.15) is 23.6 Å². The number of fused-ring (bicyclic) bond motifs is 2. The van der Waals surface area contributed by atoms with Crippen LogP contribution in [0.4, 0.5) is 11.6 Å². The van der Waals surface area contributed by atoms with Gasteiger partial charge in [0.2, 0.25) is 10.0 Å². The number of ether oxygens (including phenoxy) is 1. The van der Waals surface area contributed by atoms with Crippen molar-refractivity contribution in [3.63, 3.8) is 0 Å². The van der Waals surface area contributed by atoms with Gasteiger partial charge in [-0.25, -0.2) is 36.5 Å². The number of nitrogens with one attached hydrogen (secondary N) is 2. The SMILES string of the molecule is CNS(=O)(=O)CC1CCC(N(C)c2ncnc3c2ccn3COC2=C(C(=O)Nc3ccccn3)N(C)S(=O)(=O)c3sccc32)CC1. The lowest BCUT2D eigenvalue weighted by molar-refractivity contribution is -0.113. The van der Waals surface area contributed by atoms with Crippen LogP contribution in [0.1, 0.15) is 31.2 Å². The molecule has 17 heteroatoms. The van der Waals surface area contributed by atoms with Gasteiger partial charge in [-0.2, -0.15) is 0 Å². The first kappa shape index (κ1) is 31.9. The van der Waals surface area contributed by atoms with Gasteiger partial charge in [-0.3, -0.25) is 13.7 Å². The molecule has 244 valence electrons. The molecule has 4 aromatic heterocycles. The third-order valence-corrected chi connectivity index (χ3v) is 13.2. The molecule has 1 saturated carbocycles. The molecule has 4 aromatic rings. The number of anilines is 2. The van der Waals surface area contributed by atoms with Crippen molar-refractivity contribution in [2.75, 3.05) is 37.1 Å². The predicted molar refractivity (Wildman–Crippen MR) is 175 cm³/mol. The van der Waals surface area contributed by atoms with Crippen molar-refractivity contribution in [1.82, 2.24) is 28.5 Å². The number of sulfonamides is 2. The number of carbonyl (C=O) groups is 1. The maximum absolute atomic E-state index is 13.5. The Morgan fingerprint density at radius 3 is 2.63 bits per heavy atom. The Balaban J connectivity index is 1.25. The normalized spacial score (nSPS) is 19.6. The zero-order valence-electron chi connectivity index (χ0n) is 25.5. The lowest BCUT2D eigenvalue weighted by Crippen LogP contribution is -2.38. The van der Waals surface area contributed by atoms with Crippen molar-refractivity contribution < 1.29 is 26.4 Å². The Morgan fingerprint density at radius 2 is 1.91 bits per heavy atom. The summed E-state index contributed by atoms with van der Waals surface area (Å²) >= 11 is 1.05. The lowest BCUT2D eigenvalue weighted by Gasteiger charge is -2.35. The van der Waals surface area contributed by atoms with Crippen molar-refractivity contribution in [2.24, 2.45) is 5.92 Å². The number of carbonyl (C=O) groups excluding carboxylic acids is 1. The minimum atomic E-state index is -3.98. The number of aromatic nitrogens is 4. The molecule has 2 aliphatic rings. The van der Waals surface area contributed by atoms with E-state index in [2.05, 4.69) is 29.9 Å². The van der Waals surface area contributed by atoms with Gasteiger partial charge in [0.05, 0.1) is 16.7 Å². The molecule has 14 nitrogen and oxygen atoms in total. The zero-order chi connectivity index (χ0) is 32.6. The van der Waals surface area contributed by atoms with Gasteiger partial charge in [-0.1, -0.05) is 6.07 Å². The van der Waals surface area contributed by atoms with Crippen molar-refractivity contribution in [3.05, 3.63) is 65.7 Å². The highest BCUT2D eigenvalue weighted by Crippen LogP contribution is 2.40. The molecule has 1 aliphatic heterocycles. The van der Waals surface area contributed by atoms with Gasteiger partial charge in [-0.15, -0.1) is 11.3 Å². The van der Waals surface area contributed by atoms with Crippen molar-refractivity contribution in [1.29, 1.82) is 0 Å². The number of hydrogen-bond donors (Lipinski definition) is 2. The molecule has 6 rings (SSSR count). The largest absolute Gasteiger partial charge is 0.470 e. The third kappa shape index (κ3) is 6.06. The van der Waals surface area contributed by atoms with Crippen molar-refractivity contribution >= 4 is 65.7 Å². The summed E-state index contributed by atoms with van der Waals surface area (Å²) in [6, 6.07) is 8.73. The fraction of sp³-hybridized carbons (Fsp3) is 0.379. The van der Waals surface area contributed by atoms with E-state index in [0.717, 1.165) is 52.5 Å². The zero-order valence-corrected chi connectivity index (χ0v) is 27.9. The van der Waals surface area contributed by atoms with Crippen LogP contribution in [0.25, 0.3) is 16.8 Å². The Kier molecular flexibility index (Phi) is 8.75. The van der Waals surface area contributed by atoms with Crippen LogP contribution in [-0.4, -0.2) is 79.5 Å². The lowest BCUT2D eigenvalue weighted by atomic mass is 9.86. The molecule has 0 radical (unpaired) electrons. The maximum Gasteiger partial charge on any atom is 0.278 e. The fourth-order valence-electron chi connectivity index (χ4n) is 5.96. The van der Waals surface area contributed by atoms with Crippen LogP contribution >= 0.6 is 11.3 Å². The Bertz CT molecular complexity index is 2000. The number of amides is 1. The second-order valence-electron chi connectivity index (χ2n) is 11.2. The minimum Gasteiger partial charge on any atom is -0.470 e. The molecule has 0 aromatic carbocycles. The number of likely N-dealkylation sites (N-methyl/N-ethyl adjacent to an activating group) is 1. The van der Waals surface area contributed by atoms with Crippen LogP contribution in [0.3, 0.4) is 0 Å². The summed E-state index contributed by atoms with van der Waals surface area (Å²) in [4.78, 5) is 28.8. The molecule has 2 N–H and O–H groups in total. The first-order valence-corrected chi connectivity index (χ1v) is 18.6. The summed E-state index contributed by atoms with van der Waals surface area (Å²) in [5.41, 5.74) is 0.744. The summed E-state index contributed by atoms with van der Waals surface area (Å²) in [5.74, 6) is 0.702. The Labute approximate surface area is 271 Å². The van der Waals surface area contributed by atoms with Gasteiger partial charge >= 0.3 is 0 Å². The second-order valence-corrected chi connectivity index (χ2v) is 16.3. The van der Waals surface area contributed by atoms with Crippen LogP contribution in [0.5, 0.6) is 0 Å². The molecule has 0 atom stereocenters. The summed E-state index contributed by atoms with van der Waals surface area (Å²) in [7, 11) is -2.48. The first-order chi connectivity index (χ1) is 22.0. The fourth-order valence-corrected chi connectivity index (χ4v) is 9.78. The van der Waals surface area contributed by atoms with E-state index in [4.69, 9.17) is 4.74 Å². The average molecular weight is 687 g/mol. The van der Waals surface area contributed by atoms with Gasteiger partial charge in [0.15, 0.2) is 22.4 Å². The van der Waals surface area contributed by atoms with Gasteiger partial charge in [0, 0.05) is 32.5 Å². The average Bonchev–Trinajstić information content (AvgIpc) is 3.71. The molecule has 1 aliphatic carbocycles.